The number of esters is 1. The number of carbonyl (C=O) groups is 5. The van der Waals surface area contributed by atoms with Crippen molar-refractivity contribution in [3.63, 3.8) is 0 Å². The highest BCUT2D eigenvalue weighted by molar-refractivity contribution is 5.94. The molecule has 4 saturated carbocycles. The van der Waals surface area contributed by atoms with Gasteiger partial charge in [0.25, 0.3) is 17.7 Å². The maximum Gasteiger partial charge on any atom is 0.407 e. The van der Waals surface area contributed by atoms with Crippen molar-refractivity contribution >= 4 is 29.8 Å². The van der Waals surface area contributed by atoms with Gasteiger partial charge in [-0.05, 0) is 77.7 Å². The van der Waals surface area contributed by atoms with Gasteiger partial charge in [-0.3, -0.25) is 14.4 Å². The summed E-state index contributed by atoms with van der Waals surface area (Å²) in [7, 11) is 0. The molecule has 1 aromatic carbocycles. The Morgan fingerprint density at radius 1 is 0.660 bits per heavy atom. The Morgan fingerprint density at radius 2 is 1.04 bits per heavy atom. The van der Waals surface area contributed by atoms with Crippen molar-refractivity contribution in [3.8, 4) is 0 Å². The van der Waals surface area contributed by atoms with Crippen molar-refractivity contribution in [2.75, 3.05) is 0 Å². The van der Waals surface area contributed by atoms with Crippen LogP contribution in [0, 0.1) is 0 Å². The molecule has 4 aliphatic carbocycles. The molecule has 4 N–H and O–H groups in total. The van der Waals surface area contributed by atoms with Crippen molar-refractivity contribution in [1.82, 2.24) is 21.3 Å². The summed E-state index contributed by atoms with van der Waals surface area (Å²) < 4.78 is 72.7. The van der Waals surface area contributed by atoms with Gasteiger partial charge in [-0.2, -0.15) is 0 Å². The largest absolute Gasteiger partial charge is 0.458 e. The average molecular weight is 669 g/mol. The number of hydrogen-bond acceptors (Lipinski definition) is 7. The lowest BCUT2D eigenvalue weighted by Crippen LogP contribution is -2.73. The number of ether oxygens (including phenoxy) is 2. The molecule has 0 bridgehead atoms. The summed E-state index contributed by atoms with van der Waals surface area (Å²) in [4.78, 5) is 63.3. The van der Waals surface area contributed by atoms with Crippen LogP contribution in [0.1, 0.15) is 77.7 Å². The Bertz CT molecular complexity index is 1430. The second kappa shape index (κ2) is 12.3. The van der Waals surface area contributed by atoms with E-state index in [4.69, 9.17) is 9.47 Å². The van der Waals surface area contributed by atoms with E-state index in [1.54, 1.807) is 51.1 Å². The molecule has 0 radical (unpaired) electrons. The first kappa shape index (κ1) is 34.4. The van der Waals surface area contributed by atoms with Gasteiger partial charge in [-0.15, -0.1) is 0 Å². The first-order valence-corrected chi connectivity index (χ1v) is 15.8. The number of benzene rings is 1. The number of alkyl carbamates (subject to hydrolysis) is 1. The third-order valence-corrected chi connectivity index (χ3v) is 9.69. The highest BCUT2D eigenvalue weighted by Crippen LogP contribution is 2.44. The molecule has 0 spiro atoms. The Hall–Kier alpha value is -3.91. The molecule has 0 heterocycles. The van der Waals surface area contributed by atoms with E-state index < -0.39 is 82.2 Å². The fraction of sp³-hybridized carbons (Fsp3) is 0.656. The standard InChI is InChI=1S/C32H40F4N4O7/c1-28(2,3)47-27(45)40-21-11-15-31(21,35)25(43)38-19-9-13-29(19,33)23(41)37-20-10-14-30(20,34)24(42)39-22-12-16-32(22,36)26(44)46-17-18-7-5-4-6-8-18/h4-8,19-22H,9-17H2,1-3H3,(H,37,41)(H,38,43)(H,39,42)(H,40,45)/t19-,20-,21-,22-,29-,30-,31-,32-/m0/s1. The van der Waals surface area contributed by atoms with Gasteiger partial charge in [-0.25, -0.2) is 27.2 Å². The predicted octanol–water partition coefficient (Wildman–Crippen LogP) is 3.09. The Morgan fingerprint density at radius 3 is 1.40 bits per heavy atom. The van der Waals surface area contributed by atoms with E-state index in [0.29, 0.717) is 5.56 Å². The summed E-state index contributed by atoms with van der Waals surface area (Å²) in [5.74, 6) is -4.93. The maximum absolute atomic E-state index is 15.8. The SMILES string of the molecule is CC(C)(C)OC(=O)N[C@H]1CC[C@@]1(F)C(=O)N[C@H]1CC[C@@]1(F)C(=O)N[C@H]1CC[C@@]1(F)C(=O)N[C@H]1CC[C@@]1(F)C(=O)OCc1ccccc1. The molecule has 4 amide bonds. The summed E-state index contributed by atoms with van der Waals surface area (Å²) in [5.41, 5.74) is -10.7. The van der Waals surface area contributed by atoms with E-state index in [0.717, 1.165) is 0 Å². The second-order valence-electron chi connectivity index (χ2n) is 13.9. The monoisotopic (exact) mass is 668 g/mol. The van der Waals surface area contributed by atoms with Crippen LogP contribution in [0.2, 0.25) is 0 Å². The van der Waals surface area contributed by atoms with Crippen LogP contribution >= 0.6 is 0 Å². The molecule has 0 aliphatic heterocycles. The van der Waals surface area contributed by atoms with Gasteiger partial charge >= 0.3 is 12.1 Å². The third kappa shape index (κ3) is 6.49. The van der Waals surface area contributed by atoms with Gasteiger partial charge in [0.2, 0.25) is 22.7 Å². The number of halogens is 4. The average Bonchev–Trinajstić information content (AvgIpc) is 3.01. The highest BCUT2D eigenvalue weighted by atomic mass is 19.2. The maximum atomic E-state index is 15.8. The van der Waals surface area contributed by atoms with Crippen LogP contribution in [0.5, 0.6) is 0 Å². The minimum atomic E-state index is -2.71. The molecule has 5 rings (SSSR count). The van der Waals surface area contributed by atoms with Crippen LogP contribution in [0.15, 0.2) is 30.3 Å². The van der Waals surface area contributed by atoms with Crippen molar-refractivity contribution in [3.05, 3.63) is 35.9 Å². The van der Waals surface area contributed by atoms with E-state index >= 15 is 17.6 Å². The first-order valence-electron chi connectivity index (χ1n) is 15.8. The molecule has 1 aromatic rings. The fourth-order valence-electron chi connectivity index (χ4n) is 6.10. The summed E-state index contributed by atoms with van der Waals surface area (Å²) >= 11 is 0. The van der Waals surface area contributed by atoms with Gasteiger partial charge in [0.05, 0.1) is 24.2 Å². The minimum absolute atomic E-state index is 0.0115. The quantitative estimate of drug-likeness (QED) is 0.221. The molecule has 0 saturated heterocycles. The van der Waals surface area contributed by atoms with E-state index in [9.17, 15) is 24.0 Å². The predicted molar refractivity (Wildman–Crippen MR) is 157 cm³/mol. The molecule has 11 nitrogen and oxygen atoms in total. The summed E-state index contributed by atoms with van der Waals surface area (Å²) in [6.45, 7) is 4.66. The Balaban J connectivity index is 1.12. The van der Waals surface area contributed by atoms with Crippen LogP contribution in [0.25, 0.3) is 0 Å². The van der Waals surface area contributed by atoms with Gasteiger partial charge in [-0.1, -0.05) is 30.3 Å². The Labute approximate surface area is 269 Å². The fourth-order valence-corrected chi connectivity index (χ4v) is 6.10. The van der Waals surface area contributed by atoms with Crippen LogP contribution in [0.3, 0.4) is 0 Å². The molecule has 258 valence electrons. The van der Waals surface area contributed by atoms with Crippen LogP contribution in [-0.4, -0.2) is 82.2 Å². The molecule has 4 aliphatic rings. The van der Waals surface area contributed by atoms with Crippen molar-refractivity contribution in [1.29, 1.82) is 0 Å². The molecule has 4 fully saturated rings. The van der Waals surface area contributed by atoms with E-state index in [2.05, 4.69) is 21.3 Å². The third-order valence-electron chi connectivity index (χ3n) is 9.69. The number of nitrogens with one attached hydrogen (secondary N) is 4. The van der Waals surface area contributed by atoms with Crippen molar-refractivity contribution < 1.29 is 51.0 Å². The zero-order valence-electron chi connectivity index (χ0n) is 26.4. The topological polar surface area (TPSA) is 152 Å². The molecule has 0 aromatic heterocycles. The van der Waals surface area contributed by atoms with Gasteiger partial charge < -0.3 is 30.7 Å². The molecular formula is C32H40F4N4O7. The summed E-state index contributed by atoms with van der Waals surface area (Å²) in [6, 6.07) is 3.11. The second-order valence-corrected chi connectivity index (χ2v) is 13.9. The lowest BCUT2D eigenvalue weighted by atomic mass is 9.71. The number of hydrogen-bond donors (Lipinski definition) is 4. The number of carbonyl (C=O) groups excluding carboxylic acids is 5. The van der Waals surface area contributed by atoms with E-state index in [1.165, 1.54) is 0 Å². The number of rotatable bonds is 10. The summed E-state index contributed by atoms with van der Waals surface area (Å²) in [5, 5.41) is 8.94. The minimum Gasteiger partial charge on any atom is -0.458 e. The molecule has 0 unspecified atom stereocenters. The molecule has 47 heavy (non-hydrogen) atoms. The van der Waals surface area contributed by atoms with Gasteiger partial charge in [0.1, 0.15) is 12.2 Å². The molecule has 8 atom stereocenters. The van der Waals surface area contributed by atoms with Crippen LogP contribution in [0.4, 0.5) is 22.4 Å². The van der Waals surface area contributed by atoms with Crippen LogP contribution < -0.4 is 21.3 Å². The molecular weight excluding hydrogens is 628 g/mol. The smallest absolute Gasteiger partial charge is 0.407 e. The zero-order valence-corrected chi connectivity index (χ0v) is 26.4. The zero-order chi connectivity index (χ0) is 34.4. The first-order chi connectivity index (χ1) is 21.9. The van der Waals surface area contributed by atoms with E-state index in [1.807, 2.05) is 0 Å². The highest BCUT2D eigenvalue weighted by Gasteiger charge is 2.63. The van der Waals surface area contributed by atoms with Crippen LogP contribution in [-0.2, 0) is 35.3 Å². The van der Waals surface area contributed by atoms with Gasteiger partial charge in [0, 0.05) is 0 Å². The van der Waals surface area contributed by atoms with E-state index in [-0.39, 0.29) is 58.0 Å². The number of alkyl halides is 4. The number of amides is 4. The lowest BCUT2D eigenvalue weighted by molar-refractivity contribution is -0.171. The lowest BCUT2D eigenvalue weighted by Gasteiger charge is -2.48. The Kier molecular flexibility index (Phi) is 8.99. The summed E-state index contributed by atoms with van der Waals surface area (Å²) in [6.07, 6.45) is -1.95. The van der Waals surface area contributed by atoms with Gasteiger partial charge in [0.15, 0.2) is 0 Å². The van der Waals surface area contributed by atoms with Crippen molar-refractivity contribution in [2.45, 2.75) is 131 Å². The normalized spacial score (nSPS) is 35.7. The molecule has 15 heteroatoms. The van der Waals surface area contributed by atoms with Crippen molar-refractivity contribution in [2.24, 2.45) is 0 Å².